The lowest BCUT2D eigenvalue weighted by Gasteiger charge is -2.34. The maximum Gasteiger partial charge on any atom is 0.229 e. The average molecular weight is 332 g/mol. The molecule has 132 valence electrons. The van der Waals surface area contributed by atoms with Gasteiger partial charge in [0.1, 0.15) is 0 Å². The molecule has 0 aromatic carbocycles. The van der Waals surface area contributed by atoms with Crippen molar-refractivity contribution in [3.8, 4) is 5.75 Å². The smallest absolute Gasteiger partial charge is 0.229 e. The Morgan fingerprint density at radius 3 is 1.67 bits per heavy atom. The minimum Gasteiger partial charge on any atom is -0.502 e. The second-order valence-electron chi connectivity index (χ2n) is 7.20. The number of nitrogens with zero attached hydrogens (tertiary/aromatic N) is 6. The summed E-state index contributed by atoms with van der Waals surface area (Å²) in [5.41, 5.74) is 0. The Kier molecular flexibility index (Phi) is 4.35. The summed E-state index contributed by atoms with van der Waals surface area (Å²) in [5.74, 6) is 2.52. The van der Waals surface area contributed by atoms with Crippen LogP contribution in [0.5, 0.6) is 5.75 Å². The van der Waals surface area contributed by atoms with Crippen LogP contribution in [0.2, 0.25) is 0 Å². The average Bonchev–Trinajstić information content (AvgIpc) is 3.30. The maximum absolute atomic E-state index is 10.9. The molecule has 3 aliphatic heterocycles. The Bertz CT molecular complexity index is 575. The highest BCUT2D eigenvalue weighted by atomic mass is 16.3. The molecule has 1 aromatic rings. The summed E-state index contributed by atoms with van der Waals surface area (Å²) >= 11 is 0. The van der Waals surface area contributed by atoms with Gasteiger partial charge < -0.3 is 24.7 Å². The molecule has 0 spiro atoms. The lowest BCUT2D eigenvalue weighted by atomic mass is 10.3. The van der Waals surface area contributed by atoms with E-state index in [1.165, 1.54) is 25.7 Å². The first-order valence-corrected chi connectivity index (χ1v) is 9.27. The summed E-state index contributed by atoms with van der Waals surface area (Å²) in [6, 6.07) is 0. The molecule has 1 aromatic heterocycles. The van der Waals surface area contributed by atoms with Crippen LogP contribution in [0.1, 0.15) is 25.7 Å². The van der Waals surface area contributed by atoms with Gasteiger partial charge in [-0.2, -0.15) is 9.97 Å². The minimum atomic E-state index is 0.268. The van der Waals surface area contributed by atoms with Crippen LogP contribution in [-0.4, -0.2) is 79.4 Å². The van der Waals surface area contributed by atoms with E-state index in [-0.39, 0.29) is 5.75 Å². The van der Waals surface area contributed by atoms with E-state index in [0.29, 0.717) is 0 Å². The number of rotatable bonds is 3. The Morgan fingerprint density at radius 1 is 0.667 bits per heavy atom. The second-order valence-corrected chi connectivity index (χ2v) is 7.20. The Balaban J connectivity index is 1.70. The van der Waals surface area contributed by atoms with Crippen molar-refractivity contribution in [3.63, 3.8) is 0 Å². The summed E-state index contributed by atoms with van der Waals surface area (Å²) in [6.45, 7) is 7.81. The first-order chi connectivity index (χ1) is 11.7. The van der Waals surface area contributed by atoms with Crippen LogP contribution in [0.15, 0.2) is 0 Å². The van der Waals surface area contributed by atoms with Crippen LogP contribution in [0.25, 0.3) is 0 Å². The summed E-state index contributed by atoms with van der Waals surface area (Å²) in [6.07, 6.45) is 4.75. The molecule has 7 heteroatoms. The minimum absolute atomic E-state index is 0.268. The third-order valence-corrected chi connectivity index (χ3v) is 5.43. The van der Waals surface area contributed by atoms with E-state index in [1.54, 1.807) is 0 Å². The SMILES string of the molecule is CN1CCN(c2nc(N3CCCC3)nc(N3CCCC3)c2O)CC1. The van der Waals surface area contributed by atoms with Crippen LogP contribution < -0.4 is 14.7 Å². The van der Waals surface area contributed by atoms with Crippen molar-refractivity contribution in [2.24, 2.45) is 0 Å². The van der Waals surface area contributed by atoms with Gasteiger partial charge in [-0.05, 0) is 32.7 Å². The molecule has 0 saturated carbocycles. The quantitative estimate of drug-likeness (QED) is 0.890. The zero-order valence-corrected chi connectivity index (χ0v) is 14.6. The number of aromatic nitrogens is 2. The molecular weight excluding hydrogens is 304 g/mol. The zero-order chi connectivity index (χ0) is 16.5. The molecule has 0 unspecified atom stereocenters. The molecule has 0 atom stereocenters. The Labute approximate surface area is 143 Å². The largest absolute Gasteiger partial charge is 0.502 e. The number of piperazine rings is 1. The zero-order valence-electron chi connectivity index (χ0n) is 14.6. The lowest BCUT2D eigenvalue weighted by Crippen LogP contribution is -2.45. The molecule has 4 heterocycles. The van der Waals surface area contributed by atoms with E-state index in [4.69, 9.17) is 9.97 Å². The third kappa shape index (κ3) is 2.97. The van der Waals surface area contributed by atoms with E-state index in [9.17, 15) is 5.11 Å². The third-order valence-electron chi connectivity index (χ3n) is 5.43. The molecule has 0 bridgehead atoms. The van der Waals surface area contributed by atoms with Crippen LogP contribution >= 0.6 is 0 Å². The Hall–Kier alpha value is -1.76. The van der Waals surface area contributed by atoms with Crippen molar-refractivity contribution in [3.05, 3.63) is 0 Å². The second kappa shape index (κ2) is 6.63. The van der Waals surface area contributed by atoms with Crippen molar-refractivity contribution in [1.82, 2.24) is 14.9 Å². The van der Waals surface area contributed by atoms with Crippen LogP contribution in [0.4, 0.5) is 17.6 Å². The van der Waals surface area contributed by atoms with Gasteiger partial charge in [0.25, 0.3) is 0 Å². The highest BCUT2D eigenvalue weighted by Crippen LogP contribution is 2.38. The molecule has 0 aliphatic carbocycles. The van der Waals surface area contributed by atoms with Crippen LogP contribution in [0, 0.1) is 0 Å². The topological polar surface area (TPSA) is 59.0 Å². The molecule has 3 aliphatic rings. The molecule has 1 N–H and O–H groups in total. The van der Waals surface area contributed by atoms with Gasteiger partial charge in [-0.25, -0.2) is 0 Å². The summed E-state index contributed by atoms with van der Waals surface area (Å²) in [5, 5.41) is 10.9. The predicted octanol–water partition coefficient (Wildman–Crippen LogP) is 1.13. The predicted molar refractivity (Wildman–Crippen MR) is 96.3 cm³/mol. The highest BCUT2D eigenvalue weighted by molar-refractivity contribution is 5.68. The number of hydrogen-bond acceptors (Lipinski definition) is 7. The van der Waals surface area contributed by atoms with Gasteiger partial charge in [0.05, 0.1) is 0 Å². The molecular formula is C17H28N6O. The van der Waals surface area contributed by atoms with Gasteiger partial charge >= 0.3 is 0 Å². The van der Waals surface area contributed by atoms with Gasteiger partial charge in [0.2, 0.25) is 11.7 Å². The highest BCUT2D eigenvalue weighted by Gasteiger charge is 2.28. The van der Waals surface area contributed by atoms with Crippen molar-refractivity contribution in [2.75, 3.05) is 74.1 Å². The molecule has 3 saturated heterocycles. The Morgan fingerprint density at radius 2 is 1.12 bits per heavy atom. The molecule has 4 rings (SSSR count). The fraction of sp³-hybridized carbons (Fsp3) is 0.765. The first kappa shape index (κ1) is 15.7. The number of anilines is 3. The molecule has 7 nitrogen and oxygen atoms in total. The van der Waals surface area contributed by atoms with E-state index in [2.05, 4.69) is 26.6 Å². The first-order valence-electron chi connectivity index (χ1n) is 9.27. The monoisotopic (exact) mass is 332 g/mol. The van der Waals surface area contributed by atoms with Crippen LogP contribution in [0.3, 0.4) is 0 Å². The fourth-order valence-electron chi connectivity index (χ4n) is 3.87. The summed E-state index contributed by atoms with van der Waals surface area (Å²) < 4.78 is 0. The van der Waals surface area contributed by atoms with Crippen molar-refractivity contribution in [2.45, 2.75) is 25.7 Å². The summed E-state index contributed by atoms with van der Waals surface area (Å²) in [4.78, 5) is 18.6. The molecule has 0 radical (unpaired) electrons. The van der Waals surface area contributed by atoms with Crippen LogP contribution in [-0.2, 0) is 0 Å². The summed E-state index contributed by atoms with van der Waals surface area (Å²) in [7, 11) is 2.14. The number of likely N-dealkylation sites (N-methyl/N-ethyl adjacent to an activating group) is 1. The lowest BCUT2D eigenvalue weighted by molar-refractivity contribution is 0.310. The van der Waals surface area contributed by atoms with E-state index in [1.807, 2.05) is 0 Å². The van der Waals surface area contributed by atoms with Crippen molar-refractivity contribution < 1.29 is 5.11 Å². The van der Waals surface area contributed by atoms with Crippen molar-refractivity contribution in [1.29, 1.82) is 0 Å². The molecule has 3 fully saturated rings. The van der Waals surface area contributed by atoms with E-state index in [0.717, 1.165) is 69.9 Å². The van der Waals surface area contributed by atoms with E-state index >= 15 is 0 Å². The molecule has 24 heavy (non-hydrogen) atoms. The standard InChI is InChI=1S/C17H28N6O/c1-20-10-12-22(13-11-20)16-14(24)15(21-6-2-3-7-21)18-17(19-16)23-8-4-5-9-23/h24H,2-13H2,1H3. The van der Waals surface area contributed by atoms with Gasteiger partial charge in [0.15, 0.2) is 11.6 Å². The number of hydrogen-bond donors (Lipinski definition) is 1. The maximum atomic E-state index is 10.9. The van der Waals surface area contributed by atoms with E-state index < -0.39 is 0 Å². The van der Waals surface area contributed by atoms with Gasteiger partial charge in [-0.15, -0.1) is 0 Å². The van der Waals surface area contributed by atoms with Crippen molar-refractivity contribution >= 4 is 17.6 Å². The fourth-order valence-corrected chi connectivity index (χ4v) is 3.87. The van der Waals surface area contributed by atoms with Gasteiger partial charge in [-0.1, -0.05) is 0 Å². The van der Waals surface area contributed by atoms with Gasteiger partial charge in [-0.3, -0.25) is 0 Å². The number of aromatic hydroxyl groups is 1. The van der Waals surface area contributed by atoms with Gasteiger partial charge in [0, 0.05) is 52.4 Å². The molecule has 0 amide bonds. The normalized spacial score (nSPS) is 22.6.